The van der Waals surface area contributed by atoms with Crippen molar-refractivity contribution in [3.8, 4) is 5.75 Å². The van der Waals surface area contributed by atoms with Gasteiger partial charge in [0.25, 0.3) is 10.0 Å². The number of anilines is 1. The van der Waals surface area contributed by atoms with Gasteiger partial charge in [0.05, 0.1) is 29.9 Å². The van der Waals surface area contributed by atoms with Gasteiger partial charge in [-0.25, -0.2) is 8.42 Å². The SMILES string of the molecule is COCCOc1ccc(S(=O)(=O)Nc2cnn(Cc3ccccc3)c2)cc1. The third-order valence-electron chi connectivity index (χ3n) is 3.76. The molecule has 0 aliphatic heterocycles. The highest BCUT2D eigenvalue weighted by Gasteiger charge is 2.15. The van der Waals surface area contributed by atoms with E-state index < -0.39 is 10.0 Å². The van der Waals surface area contributed by atoms with Gasteiger partial charge in [0.2, 0.25) is 0 Å². The molecule has 0 bridgehead atoms. The van der Waals surface area contributed by atoms with E-state index in [1.807, 2.05) is 30.3 Å². The highest BCUT2D eigenvalue weighted by molar-refractivity contribution is 7.92. The quantitative estimate of drug-likeness (QED) is 0.571. The molecule has 0 spiro atoms. The minimum atomic E-state index is -3.70. The van der Waals surface area contributed by atoms with Gasteiger partial charge in [-0.15, -0.1) is 0 Å². The van der Waals surface area contributed by atoms with Gasteiger partial charge in [-0.05, 0) is 29.8 Å². The van der Waals surface area contributed by atoms with Crippen molar-refractivity contribution in [1.29, 1.82) is 0 Å². The van der Waals surface area contributed by atoms with Gasteiger partial charge in [-0.3, -0.25) is 9.40 Å². The fourth-order valence-corrected chi connectivity index (χ4v) is 3.47. The minimum Gasteiger partial charge on any atom is -0.491 e. The molecule has 1 heterocycles. The molecule has 0 fully saturated rings. The molecule has 1 N–H and O–H groups in total. The average Bonchev–Trinajstić information content (AvgIpc) is 3.09. The van der Waals surface area contributed by atoms with Crippen LogP contribution in [0.25, 0.3) is 0 Å². The Kier molecular flexibility index (Phi) is 6.10. The average molecular weight is 387 g/mol. The Morgan fingerprint density at radius 3 is 2.48 bits per heavy atom. The van der Waals surface area contributed by atoms with E-state index >= 15 is 0 Å². The van der Waals surface area contributed by atoms with E-state index in [0.717, 1.165) is 5.56 Å². The van der Waals surface area contributed by atoms with Crippen LogP contribution < -0.4 is 9.46 Å². The molecule has 0 saturated carbocycles. The Morgan fingerprint density at radius 2 is 1.78 bits per heavy atom. The topological polar surface area (TPSA) is 82.4 Å². The summed E-state index contributed by atoms with van der Waals surface area (Å²) in [6.07, 6.45) is 3.15. The van der Waals surface area contributed by atoms with Crippen molar-refractivity contribution in [2.45, 2.75) is 11.4 Å². The number of nitrogens with one attached hydrogen (secondary N) is 1. The van der Waals surface area contributed by atoms with E-state index in [1.54, 1.807) is 30.1 Å². The Bertz CT molecular complexity index is 954. The van der Waals surface area contributed by atoms with Gasteiger partial charge in [0, 0.05) is 13.3 Å². The summed E-state index contributed by atoms with van der Waals surface area (Å²) in [6.45, 7) is 1.44. The van der Waals surface area contributed by atoms with E-state index in [1.165, 1.54) is 18.3 Å². The van der Waals surface area contributed by atoms with E-state index in [9.17, 15) is 8.42 Å². The molecule has 0 saturated heterocycles. The zero-order valence-corrected chi connectivity index (χ0v) is 15.7. The van der Waals surface area contributed by atoms with E-state index in [-0.39, 0.29) is 4.90 Å². The Hall–Kier alpha value is -2.84. The van der Waals surface area contributed by atoms with Crippen LogP contribution in [0.1, 0.15) is 5.56 Å². The summed E-state index contributed by atoms with van der Waals surface area (Å²) in [6, 6.07) is 16.0. The standard InChI is InChI=1S/C19H21N3O4S/c1-25-11-12-26-18-7-9-19(10-8-18)27(23,24)21-17-13-20-22(15-17)14-16-5-3-2-4-6-16/h2-10,13,15,21H,11-12,14H2,1H3. The number of hydrogen-bond donors (Lipinski definition) is 1. The fourth-order valence-electron chi connectivity index (χ4n) is 2.45. The Labute approximate surface area is 158 Å². The van der Waals surface area contributed by atoms with Crippen molar-refractivity contribution in [3.63, 3.8) is 0 Å². The van der Waals surface area contributed by atoms with E-state index in [4.69, 9.17) is 9.47 Å². The third-order valence-corrected chi connectivity index (χ3v) is 5.16. The molecule has 2 aromatic carbocycles. The highest BCUT2D eigenvalue weighted by Crippen LogP contribution is 2.19. The van der Waals surface area contributed by atoms with Crippen molar-refractivity contribution < 1.29 is 17.9 Å². The van der Waals surface area contributed by atoms with Gasteiger partial charge in [0.1, 0.15) is 12.4 Å². The number of methoxy groups -OCH3 is 1. The maximum atomic E-state index is 12.5. The van der Waals surface area contributed by atoms with Gasteiger partial charge in [-0.1, -0.05) is 30.3 Å². The normalized spacial score (nSPS) is 11.3. The smallest absolute Gasteiger partial charge is 0.261 e. The molecule has 3 aromatic rings. The fraction of sp³-hybridized carbons (Fsp3) is 0.211. The van der Waals surface area contributed by atoms with Crippen LogP contribution in [0.15, 0.2) is 71.9 Å². The Morgan fingerprint density at radius 1 is 1.04 bits per heavy atom. The number of benzene rings is 2. The van der Waals surface area contributed by atoms with Crippen LogP contribution in [0.3, 0.4) is 0 Å². The summed E-state index contributed by atoms with van der Waals surface area (Å²) in [7, 11) is -2.11. The van der Waals surface area contributed by atoms with Gasteiger partial charge in [-0.2, -0.15) is 5.10 Å². The Balaban J connectivity index is 1.64. The van der Waals surface area contributed by atoms with Crippen molar-refractivity contribution in [2.24, 2.45) is 0 Å². The summed E-state index contributed by atoms with van der Waals surface area (Å²) >= 11 is 0. The monoisotopic (exact) mass is 387 g/mol. The first-order chi connectivity index (χ1) is 13.1. The van der Waals surface area contributed by atoms with Crippen molar-refractivity contribution >= 4 is 15.7 Å². The number of rotatable bonds is 9. The zero-order valence-electron chi connectivity index (χ0n) is 14.9. The van der Waals surface area contributed by atoms with Crippen molar-refractivity contribution in [1.82, 2.24) is 9.78 Å². The predicted molar refractivity (Wildman–Crippen MR) is 102 cm³/mol. The molecule has 0 aliphatic carbocycles. The summed E-state index contributed by atoms with van der Waals surface area (Å²) in [5, 5.41) is 4.20. The number of hydrogen-bond acceptors (Lipinski definition) is 5. The number of aromatic nitrogens is 2. The molecule has 8 heteroatoms. The molecule has 7 nitrogen and oxygen atoms in total. The van der Waals surface area contributed by atoms with Crippen LogP contribution in [0, 0.1) is 0 Å². The lowest BCUT2D eigenvalue weighted by molar-refractivity contribution is 0.146. The molecule has 27 heavy (non-hydrogen) atoms. The maximum absolute atomic E-state index is 12.5. The van der Waals surface area contributed by atoms with E-state index in [0.29, 0.717) is 31.2 Å². The summed E-state index contributed by atoms with van der Waals surface area (Å²) in [4.78, 5) is 0.150. The lowest BCUT2D eigenvalue weighted by atomic mass is 10.2. The molecule has 3 rings (SSSR count). The van der Waals surface area contributed by atoms with Crippen molar-refractivity contribution in [3.05, 3.63) is 72.6 Å². The van der Waals surface area contributed by atoms with E-state index in [2.05, 4.69) is 9.82 Å². The highest BCUT2D eigenvalue weighted by atomic mass is 32.2. The van der Waals surface area contributed by atoms with Crippen LogP contribution in [0.4, 0.5) is 5.69 Å². The molecule has 1 aromatic heterocycles. The van der Waals surface area contributed by atoms with Crippen molar-refractivity contribution in [2.75, 3.05) is 25.0 Å². The molecular weight excluding hydrogens is 366 g/mol. The van der Waals surface area contributed by atoms with Crippen LogP contribution in [-0.2, 0) is 21.3 Å². The summed E-state index contributed by atoms with van der Waals surface area (Å²) in [5.74, 6) is 0.585. The molecule has 0 amide bonds. The van der Waals surface area contributed by atoms with Crippen LogP contribution in [0.2, 0.25) is 0 Å². The largest absolute Gasteiger partial charge is 0.491 e. The first kappa shape index (κ1) is 18.9. The number of ether oxygens (including phenoxy) is 2. The lowest BCUT2D eigenvalue weighted by Crippen LogP contribution is -2.12. The summed E-state index contributed by atoms with van der Waals surface area (Å²) < 4.78 is 39.6. The first-order valence-corrected chi connectivity index (χ1v) is 9.86. The number of sulfonamides is 1. The second-order valence-electron chi connectivity index (χ2n) is 5.83. The second kappa shape index (κ2) is 8.70. The van der Waals surface area contributed by atoms with Gasteiger partial charge in [0.15, 0.2) is 0 Å². The maximum Gasteiger partial charge on any atom is 0.261 e. The first-order valence-electron chi connectivity index (χ1n) is 8.38. The second-order valence-corrected chi connectivity index (χ2v) is 7.51. The summed E-state index contributed by atoms with van der Waals surface area (Å²) in [5.41, 5.74) is 1.49. The molecule has 0 atom stereocenters. The van der Waals surface area contributed by atoms with Crippen LogP contribution >= 0.6 is 0 Å². The van der Waals surface area contributed by atoms with Crippen LogP contribution in [0.5, 0.6) is 5.75 Å². The molecule has 142 valence electrons. The lowest BCUT2D eigenvalue weighted by Gasteiger charge is -2.08. The van der Waals surface area contributed by atoms with Gasteiger partial charge >= 0.3 is 0 Å². The van der Waals surface area contributed by atoms with Crippen LogP contribution in [-0.4, -0.2) is 38.5 Å². The molecular formula is C19H21N3O4S. The molecule has 0 unspecified atom stereocenters. The van der Waals surface area contributed by atoms with Gasteiger partial charge < -0.3 is 9.47 Å². The third kappa shape index (κ3) is 5.32. The molecule has 0 radical (unpaired) electrons. The minimum absolute atomic E-state index is 0.150. The number of nitrogens with zero attached hydrogens (tertiary/aromatic N) is 2. The molecule has 0 aliphatic rings. The predicted octanol–water partition coefficient (Wildman–Crippen LogP) is 2.76. The zero-order chi connectivity index (χ0) is 19.1.